The summed E-state index contributed by atoms with van der Waals surface area (Å²) >= 11 is 4.83. The first-order valence-electron chi connectivity index (χ1n) is 11.2. The molecule has 0 amide bonds. The first-order valence-corrected chi connectivity index (χ1v) is 11.6. The second kappa shape index (κ2) is 9.87. The van der Waals surface area contributed by atoms with Crippen LogP contribution in [-0.4, -0.2) is 0 Å². The third-order valence-corrected chi connectivity index (χ3v) is 5.94. The van der Waals surface area contributed by atoms with Crippen molar-refractivity contribution in [1.82, 2.24) is 0 Å². The van der Waals surface area contributed by atoms with E-state index in [1.807, 2.05) is 103 Å². The number of nitrogens with two attached hydrogens (primary N) is 2. The van der Waals surface area contributed by atoms with Gasteiger partial charge in [-0.25, -0.2) is 0 Å². The Kier molecular flexibility index (Phi) is 6.33. The average molecular weight is 477 g/mol. The minimum absolute atomic E-state index is 0.643. The number of rotatable bonds is 6. The van der Waals surface area contributed by atoms with Gasteiger partial charge in [-0.2, -0.15) is 0 Å². The lowest BCUT2D eigenvalue weighted by atomic mass is 9.93. The number of ether oxygens (including phenoxy) is 2. The molecule has 0 radical (unpaired) electrons. The van der Waals surface area contributed by atoms with E-state index in [1.165, 1.54) is 0 Å². The lowest BCUT2D eigenvalue weighted by Crippen LogP contribution is -1.94. The number of para-hydroxylation sites is 2. The number of thiol groups is 1. The van der Waals surface area contributed by atoms with Crippen LogP contribution in [0.15, 0.2) is 120 Å². The summed E-state index contributed by atoms with van der Waals surface area (Å²) in [4.78, 5) is 0.827. The van der Waals surface area contributed by atoms with Crippen LogP contribution >= 0.6 is 12.6 Å². The van der Waals surface area contributed by atoms with E-state index in [0.717, 1.165) is 32.9 Å². The van der Waals surface area contributed by atoms with E-state index in [2.05, 4.69) is 6.07 Å². The molecule has 35 heavy (non-hydrogen) atoms. The van der Waals surface area contributed by atoms with Gasteiger partial charge in [0.25, 0.3) is 0 Å². The Morgan fingerprint density at radius 2 is 1.09 bits per heavy atom. The summed E-state index contributed by atoms with van der Waals surface area (Å²) < 4.78 is 12.5. The lowest BCUT2D eigenvalue weighted by Gasteiger charge is -2.19. The molecule has 0 aliphatic carbocycles. The second-order valence-electron chi connectivity index (χ2n) is 8.04. The van der Waals surface area contributed by atoms with Gasteiger partial charge in [-0.3, -0.25) is 0 Å². The highest BCUT2D eigenvalue weighted by Gasteiger charge is 2.18. The third kappa shape index (κ3) is 4.95. The molecule has 4 nitrogen and oxygen atoms in total. The molecule has 4 N–H and O–H groups in total. The molecule has 0 atom stereocenters. The molecule has 0 aliphatic rings. The summed E-state index contributed by atoms with van der Waals surface area (Å²) in [5, 5.41) is 0. The van der Waals surface area contributed by atoms with Gasteiger partial charge in [0.2, 0.25) is 0 Å². The fraction of sp³-hybridized carbons (Fsp3) is 0. The summed E-state index contributed by atoms with van der Waals surface area (Å²) in [5.41, 5.74) is 16.9. The Morgan fingerprint density at radius 1 is 0.486 bits per heavy atom. The highest BCUT2D eigenvalue weighted by molar-refractivity contribution is 7.80. The van der Waals surface area contributed by atoms with E-state index in [-0.39, 0.29) is 0 Å². The van der Waals surface area contributed by atoms with Crippen LogP contribution in [0.1, 0.15) is 0 Å². The van der Waals surface area contributed by atoms with Gasteiger partial charge in [0.1, 0.15) is 23.0 Å². The maximum atomic E-state index is 6.27. The minimum Gasteiger partial charge on any atom is -0.457 e. The zero-order valence-corrected chi connectivity index (χ0v) is 19.8. The molecule has 0 spiro atoms. The minimum atomic E-state index is 0.643. The quantitative estimate of drug-likeness (QED) is 0.171. The first kappa shape index (κ1) is 22.4. The predicted octanol–water partition coefficient (Wildman–Crippen LogP) is 8.06. The van der Waals surface area contributed by atoms with Crippen LogP contribution in [0, 0.1) is 0 Å². The summed E-state index contributed by atoms with van der Waals surface area (Å²) in [6.45, 7) is 0. The van der Waals surface area contributed by atoms with Crippen LogP contribution in [0.4, 0.5) is 11.4 Å². The summed E-state index contributed by atoms with van der Waals surface area (Å²) in [6.07, 6.45) is 0. The summed E-state index contributed by atoms with van der Waals surface area (Å²) in [6, 6.07) is 36.6. The molecule has 0 bridgehead atoms. The summed E-state index contributed by atoms with van der Waals surface area (Å²) in [5.74, 6) is 2.81. The molecule has 0 saturated carbocycles. The van der Waals surface area contributed by atoms with Crippen molar-refractivity contribution < 1.29 is 9.47 Å². The van der Waals surface area contributed by atoms with Gasteiger partial charge in [-0.15, -0.1) is 12.6 Å². The van der Waals surface area contributed by atoms with Gasteiger partial charge in [-0.1, -0.05) is 54.6 Å². The van der Waals surface area contributed by atoms with Crippen molar-refractivity contribution >= 4 is 24.0 Å². The zero-order chi connectivity index (χ0) is 24.2. The van der Waals surface area contributed by atoms with E-state index >= 15 is 0 Å². The van der Waals surface area contributed by atoms with E-state index in [9.17, 15) is 0 Å². The highest BCUT2D eigenvalue weighted by Crippen LogP contribution is 2.45. The summed E-state index contributed by atoms with van der Waals surface area (Å²) in [7, 11) is 0. The van der Waals surface area contributed by atoms with Gasteiger partial charge in [-0.05, 0) is 60.2 Å². The monoisotopic (exact) mass is 476 g/mol. The maximum Gasteiger partial charge on any atom is 0.135 e. The topological polar surface area (TPSA) is 70.5 Å². The number of anilines is 2. The molecule has 0 aliphatic heterocycles. The van der Waals surface area contributed by atoms with Crippen molar-refractivity contribution in [3.8, 4) is 45.3 Å². The van der Waals surface area contributed by atoms with Crippen molar-refractivity contribution in [2.24, 2.45) is 0 Å². The standard InChI is InChI=1S/C30H24N2O2S/c31-20-15-17-22(18-16-20)33-27-12-3-1-9-24(27)25-11-6-14-29(35)30(25)26-10-2-4-13-28(26)34-23-8-5-7-21(32)19-23/h1-19,35H,31-32H2. The van der Waals surface area contributed by atoms with Gasteiger partial charge >= 0.3 is 0 Å². The molecule has 0 fully saturated rings. The number of benzene rings is 5. The molecule has 172 valence electrons. The van der Waals surface area contributed by atoms with E-state index in [0.29, 0.717) is 28.6 Å². The second-order valence-corrected chi connectivity index (χ2v) is 8.52. The van der Waals surface area contributed by atoms with Crippen LogP contribution in [-0.2, 0) is 0 Å². The SMILES string of the molecule is Nc1ccc(Oc2ccccc2-c2cccc(S)c2-c2ccccc2Oc2cccc(N)c2)cc1. The van der Waals surface area contributed by atoms with E-state index in [1.54, 1.807) is 6.07 Å². The molecule has 0 saturated heterocycles. The molecule has 5 aromatic rings. The highest BCUT2D eigenvalue weighted by atomic mass is 32.1. The Hall–Kier alpha value is -4.35. The Balaban J connectivity index is 1.61. The Morgan fingerprint density at radius 3 is 1.83 bits per heavy atom. The predicted molar refractivity (Wildman–Crippen MR) is 146 cm³/mol. The van der Waals surface area contributed by atoms with Crippen molar-refractivity contribution in [2.75, 3.05) is 11.5 Å². The van der Waals surface area contributed by atoms with Crippen LogP contribution in [0.5, 0.6) is 23.0 Å². The van der Waals surface area contributed by atoms with Crippen molar-refractivity contribution in [3.63, 3.8) is 0 Å². The van der Waals surface area contributed by atoms with Crippen molar-refractivity contribution in [3.05, 3.63) is 115 Å². The first-order chi connectivity index (χ1) is 17.1. The van der Waals surface area contributed by atoms with Crippen LogP contribution < -0.4 is 20.9 Å². The van der Waals surface area contributed by atoms with E-state index < -0.39 is 0 Å². The third-order valence-electron chi connectivity index (χ3n) is 5.57. The van der Waals surface area contributed by atoms with Gasteiger partial charge < -0.3 is 20.9 Å². The number of nitrogen functional groups attached to an aromatic ring is 2. The molecular weight excluding hydrogens is 452 g/mol. The smallest absolute Gasteiger partial charge is 0.135 e. The Bertz CT molecular complexity index is 1480. The zero-order valence-electron chi connectivity index (χ0n) is 18.9. The molecule has 5 heteroatoms. The molecular formula is C30H24N2O2S. The Labute approximate surface area is 210 Å². The molecule has 0 unspecified atom stereocenters. The van der Waals surface area contributed by atoms with Crippen molar-refractivity contribution in [1.29, 1.82) is 0 Å². The van der Waals surface area contributed by atoms with Crippen LogP contribution in [0.25, 0.3) is 22.3 Å². The van der Waals surface area contributed by atoms with Gasteiger partial charge in [0, 0.05) is 39.0 Å². The fourth-order valence-corrected chi connectivity index (χ4v) is 4.28. The molecule has 5 aromatic carbocycles. The van der Waals surface area contributed by atoms with Crippen molar-refractivity contribution in [2.45, 2.75) is 4.90 Å². The molecule has 5 rings (SSSR count). The molecule has 0 heterocycles. The average Bonchev–Trinajstić information content (AvgIpc) is 2.86. The largest absolute Gasteiger partial charge is 0.457 e. The van der Waals surface area contributed by atoms with Crippen LogP contribution in [0.3, 0.4) is 0 Å². The van der Waals surface area contributed by atoms with Gasteiger partial charge in [0.15, 0.2) is 0 Å². The van der Waals surface area contributed by atoms with Gasteiger partial charge in [0.05, 0.1) is 0 Å². The lowest BCUT2D eigenvalue weighted by molar-refractivity contribution is 0.483. The fourth-order valence-electron chi connectivity index (χ4n) is 3.96. The maximum absolute atomic E-state index is 6.27. The normalized spacial score (nSPS) is 10.7. The molecule has 0 aromatic heterocycles. The number of hydrogen-bond acceptors (Lipinski definition) is 5. The van der Waals surface area contributed by atoms with Crippen LogP contribution in [0.2, 0.25) is 0 Å². The number of hydrogen-bond donors (Lipinski definition) is 3. The van der Waals surface area contributed by atoms with E-state index in [4.69, 9.17) is 33.6 Å².